The molecule has 204 valence electrons. The summed E-state index contributed by atoms with van der Waals surface area (Å²) >= 11 is 0. The average molecular weight is 522 g/mol. The summed E-state index contributed by atoms with van der Waals surface area (Å²) in [5, 5.41) is 25.5. The molecule has 0 bridgehead atoms. The number of aliphatic carboxylic acids is 2. The monoisotopic (exact) mass is 521 g/mol. The maximum absolute atomic E-state index is 13.3. The van der Waals surface area contributed by atoms with Crippen molar-refractivity contribution in [2.45, 2.75) is 70.1 Å². The summed E-state index contributed by atoms with van der Waals surface area (Å²) in [7, 11) is 0. The predicted octanol–water partition coefficient (Wildman–Crippen LogP) is -1.12. The van der Waals surface area contributed by atoms with Crippen molar-refractivity contribution in [3.8, 4) is 0 Å². The number of nitrogens with two attached hydrogens (primary N) is 2. The molecule has 0 aliphatic heterocycles. The van der Waals surface area contributed by atoms with Crippen molar-refractivity contribution >= 4 is 35.6 Å². The van der Waals surface area contributed by atoms with Gasteiger partial charge in [0.2, 0.25) is 23.6 Å². The SMILES string of the molecule is CCC(C)C(NC(=O)C(Cc1ccccc1)NC(=O)C(N)CCC(N)=O)C(=O)NC(CC(=O)O)C(=O)O. The quantitative estimate of drug-likeness (QED) is 0.139. The van der Waals surface area contributed by atoms with Gasteiger partial charge in [-0.3, -0.25) is 24.0 Å². The normalized spacial score (nSPS) is 14.8. The Morgan fingerprint density at radius 3 is 2.00 bits per heavy atom. The molecule has 13 heteroatoms. The minimum atomic E-state index is -1.70. The second kappa shape index (κ2) is 15.2. The molecule has 1 aromatic carbocycles. The number of primary amides is 1. The molecule has 4 amide bonds. The zero-order valence-electron chi connectivity index (χ0n) is 20.8. The molecule has 0 aliphatic rings. The molecule has 13 nitrogen and oxygen atoms in total. The average Bonchev–Trinajstić information content (AvgIpc) is 2.84. The Bertz CT molecular complexity index is 971. The number of carboxylic acid groups (broad SMARTS) is 2. The fourth-order valence-electron chi connectivity index (χ4n) is 3.36. The zero-order chi connectivity index (χ0) is 28.1. The molecule has 5 unspecified atom stereocenters. The van der Waals surface area contributed by atoms with Crippen molar-refractivity contribution in [3.05, 3.63) is 35.9 Å². The summed E-state index contributed by atoms with van der Waals surface area (Å²) in [4.78, 5) is 72.2. The molecule has 1 aromatic rings. The summed E-state index contributed by atoms with van der Waals surface area (Å²) in [6.45, 7) is 3.41. The number of carboxylic acids is 2. The van der Waals surface area contributed by atoms with Crippen LogP contribution in [-0.4, -0.2) is 69.9 Å². The van der Waals surface area contributed by atoms with Crippen LogP contribution in [0.1, 0.15) is 45.1 Å². The molecule has 0 aliphatic carbocycles. The summed E-state index contributed by atoms with van der Waals surface area (Å²) in [6.07, 6.45) is -0.534. The Morgan fingerprint density at radius 1 is 0.892 bits per heavy atom. The topological polar surface area (TPSA) is 231 Å². The van der Waals surface area contributed by atoms with E-state index in [1.807, 2.05) is 0 Å². The third-order valence-electron chi connectivity index (χ3n) is 5.74. The van der Waals surface area contributed by atoms with E-state index >= 15 is 0 Å². The van der Waals surface area contributed by atoms with Crippen LogP contribution in [0.25, 0.3) is 0 Å². The summed E-state index contributed by atoms with van der Waals surface area (Å²) < 4.78 is 0. The Balaban J connectivity index is 3.12. The predicted molar refractivity (Wildman–Crippen MR) is 132 cm³/mol. The fourth-order valence-corrected chi connectivity index (χ4v) is 3.36. The molecule has 37 heavy (non-hydrogen) atoms. The molecule has 0 spiro atoms. The molecule has 0 heterocycles. The maximum atomic E-state index is 13.3. The van der Waals surface area contributed by atoms with Crippen LogP contribution in [0.3, 0.4) is 0 Å². The van der Waals surface area contributed by atoms with Crippen LogP contribution < -0.4 is 27.4 Å². The van der Waals surface area contributed by atoms with Gasteiger partial charge in [0.1, 0.15) is 18.1 Å². The number of rotatable bonds is 16. The van der Waals surface area contributed by atoms with E-state index in [1.165, 1.54) is 0 Å². The van der Waals surface area contributed by atoms with Crippen molar-refractivity contribution in [2.24, 2.45) is 17.4 Å². The van der Waals surface area contributed by atoms with Crippen molar-refractivity contribution in [1.29, 1.82) is 0 Å². The van der Waals surface area contributed by atoms with Crippen LogP contribution in [0.5, 0.6) is 0 Å². The number of amides is 4. The summed E-state index contributed by atoms with van der Waals surface area (Å²) in [6, 6.07) is 3.55. The first-order chi connectivity index (χ1) is 17.3. The number of hydrogen-bond donors (Lipinski definition) is 7. The third kappa shape index (κ3) is 11.1. The van der Waals surface area contributed by atoms with E-state index in [9.17, 15) is 33.9 Å². The molecule has 5 atom stereocenters. The maximum Gasteiger partial charge on any atom is 0.326 e. The van der Waals surface area contributed by atoms with Gasteiger partial charge in [0, 0.05) is 12.8 Å². The van der Waals surface area contributed by atoms with Crippen LogP contribution >= 0.6 is 0 Å². The van der Waals surface area contributed by atoms with Crippen molar-refractivity contribution < 1.29 is 39.0 Å². The second-order valence-electron chi connectivity index (χ2n) is 8.73. The van der Waals surface area contributed by atoms with E-state index in [2.05, 4.69) is 16.0 Å². The Morgan fingerprint density at radius 2 is 1.49 bits per heavy atom. The highest BCUT2D eigenvalue weighted by Gasteiger charge is 2.33. The zero-order valence-corrected chi connectivity index (χ0v) is 20.8. The number of nitrogens with one attached hydrogen (secondary N) is 3. The lowest BCUT2D eigenvalue weighted by Gasteiger charge is -2.28. The first kappa shape index (κ1) is 31.0. The van der Waals surface area contributed by atoms with Crippen LogP contribution in [0.4, 0.5) is 0 Å². The van der Waals surface area contributed by atoms with Gasteiger partial charge in [0.15, 0.2) is 0 Å². The van der Waals surface area contributed by atoms with Gasteiger partial charge < -0.3 is 37.6 Å². The van der Waals surface area contributed by atoms with E-state index in [1.54, 1.807) is 44.2 Å². The Kier molecular flexibility index (Phi) is 12.7. The highest BCUT2D eigenvalue weighted by molar-refractivity contribution is 5.95. The number of carbonyl (C=O) groups excluding carboxylic acids is 4. The van der Waals surface area contributed by atoms with E-state index in [4.69, 9.17) is 16.6 Å². The Hall–Kier alpha value is -4.00. The molecule has 0 saturated carbocycles. The van der Waals surface area contributed by atoms with Gasteiger partial charge in [-0.1, -0.05) is 50.6 Å². The van der Waals surface area contributed by atoms with Gasteiger partial charge in [-0.2, -0.15) is 0 Å². The number of carbonyl (C=O) groups is 6. The molecular weight excluding hydrogens is 486 g/mol. The molecule has 0 aromatic heterocycles. The van der Waals surface area contributed by atoms with Crippen LogP contribution in [0, 0.1) is 5.92 Å². The minimum Gasteiger partial charge on any atom is -0.481 e. The smallest absolute Gasteiger partial charge is 0.326 e. The number of benzene rings is 1. The van der Waals surface area contributed by atoms with Gasteiger partial charge in [0.05, 0.1) is 12.5 Å². The first-order valence-corrected chi connectivity index (χ1v) is 11.8. The highest BCUT2D eigenvalue weighted by Crippen LogP contribution is 2.11. The van der Waals surface area contributed by atoms with Gasteiger partial charge in [-0.25, -0.2) is 4.79 Å². The second-order valence-corrected chi connectivity index (χ2v) is 8.73. The van der Waals surface area contributed by atoms with Crippen molar-refractivity contribution in [2.75, 3.05) is 0 Å². The molecular formula is C24H35N5O8. The van der Waals surface area contributed by atoms with E-state index in [0.29, 0.717) is 12.0 Å². The number of hydrogen-bond acceptors (Lipinski definition) is 7. The lowest BCUT2D eigenvalue weighted by Crippen LogP contribution is -2.59. The van der Waals surface area contributed by atoms with Gasteiger partial charge in [-0.15, -0.1) is 0 Å². The van der Waals surface area contributed by atoms with Crippen molar-refractivity contribution in [3.63, 3.8) is 0 Å². The van der Waals surface area contributed by atoms with E-state index in [0.717, 1.165) is 0 Å². The van der Waals surface area contributed by atoms with Crippen LogP contribution in [0.2, 0.25) is 0 Å². The molecule has 0 saturated heterocycles. The fraction of sp³-hybridized carbons (Fsp3) is 0.500. The molecule has 9 N–H and O–H groups in total. The summed E-state index contributed by atoms with van der Waals surface area (Å²) in [5.74, 6) is -6.36. The van der Waals surface area contributed by atoms with Gasteiger partial charge in [0.25, 0.3) is 0 Å². The molecule has 1 rings (SSSR count). The lowest BCUT2D eigenvalue weighted by molar-refractivity contribution is -0.147. The summed E-state index contributed by atoms with van der Waals surface area (Å²) in [5.41, 5.74) is 11.6. The van der Waals surface area contributed by atoms with Crippen LogP contribution in [0.15, 0.2) is 30.3 Å². The third-order valence-corrected chi connectivity index (χ3v) is 5.74. The molecule has 0 fully saturated rings. The van der Waals surface area contributed by atoms with Crippen molar-refractivity contribution in [1.82, 2.24) is 16.0 Å². The first-order valence-electron chi connectivity index (χ1n) is 11.8. The Labute approximate surface area is 214 Å². The molecule has 0 radical (unpaired) electrons. The van der Waals surface area contributed by atoms with Crippen LogP contribution in [-0.2, 0) is 35.2 Å². The minimum absolute atomic E-state index is 0.0289. The standard InChI is InChI=1S/C24H35N5O8/c1-3-13(2)20(23(35)28-17(24(36)37)12-19(31)32)29-22(34)16(11-14-7-5-4-6-8-14)27-21(33)15(25)9-10-18(26)30/h4-8,13,15-17,20H,3,9-12,25H2,1-2H3,(H2,26,30)(H,27,33)(H,28,35)(H,29,34)(H,31,32)(H,36,37). The highest BCUT2D eigenvalue weighted by atomic mass is 16.4. The largest absolute Gasteiger partial charge is 0.481 e. The van der Waals surface area contributed by atoms with Gasteiger partial charge in [-0.05, 0) is 17.9 Å². The van der Waals surface area contributed by atoms with E-state index < -0.39 is 72.1 Å². The lowest BCUT2D eigenvalue weighted by atomic mass is 9.96. The van der Waals surface area contributed by atoms with Gasteiger partial charge >= 0.3 is 11.9 Å². The van der Waals surface area contributed by atoms with E-state index in [-0.39, 0.29) is 19.3 Å².